The summed E-state index contributed by atoms with van der Waals surface area (Å²) in [6, 6.07) is 14.1. The van der Waals surface area contributed by atoms with E-state index >= 15 is 0 Å². The lowest BCUT2D eigenvalue weighted by atomic mass is 10.1. The summed E-state index contributed by atoms with van der Waals surface area (Å²) in [5, 5.41) is 5.38. The minimum Gasteiger partial charge on any atom is -0.364 e. The van der Waals surface area contributed by atoms with Crippen molar-refractivity contribution in [3.63, 3.8) is 0 Å². The van der Waals surface area contributed by atoms with E-state index in [9.17, 15) is 4.79 Å². The molecule has 1 amide bonds. The van der Waals surface area contributed by atoms with Gasteiger partial charge in [0.1, 0.15) is 25.3 Å². The maximum absolute atomic E-state index is 12.6. The zero-order valence-electron chi connectivity index (χ0n) is 14.0. The molecule has 3 atom stereocenters. The number of benzene rings is 2. The first-order chi connectivity index (χ1) is 11.0. The maximum Gasteiger partial charge on any atom is 0.282 e. The highest BCUT2D eigenvalue weighted by atomic mass is 16.5. The molecule has 1 fully saturated rings. The average molecular weight is 313 g/mol. The molecule has 0 spiro atoms. The number of carbonyl (C=O) groups excluding carboxylic acids is 1. The Morgan fingerprint density at radius 3 is 2.48 bits per heavy atom. The summed E-state index contributed by atoms with van der Waals surface area (Å²) in [5.74, 6) is 0.0663. The lowest BCUT2D eigenvalue weighted by molar-refractivity contribution is -0.928. The summed E-state index contributed by atoms with van der Waals surface area (Å²) in [4.78, 5) is 13.9. The van der Waals surface area contributed by atoms with Gasteiger partial charge in [0, 0.05) is 5.69 Å². The van der Waals surface area contributed by atoms with Crippen LogP contribution in [-0.4, -0.2) is 37.2 Å². The van der Waals surface area contributed by atoms with E-state index in [1.165, 1.54) is 10.3 Å². The van der Waals surface area contributed by atoms with E-state index in [4.69, 9.17) is 4.74 Å². The second kappa shape index (κ2) is 6.69. The number of nitrogens with one attached hydrogen (secondary N) is 2. The first-order valence-corrected chi connectivity index (χ1v) is 8.32. The van der Waals surface area contributed by atoms with E-state index in [0.717, 1.165) is 24.2 Å². The molecular formula is C19H25N2O2+. The Hall–Kier alpha value is -1.91. The molecular weight excluding hydrogens is 288 g/mol. The number of ether oxygens (including phenoxy) is 1. The van der Waals surface area contributed by atoms with E-state index in [2.05, 4.69) is 31.3 Å². The van der Waals surface area contributed by atoms with Gasteiger partial charge in [-0.1, -0.05) is 30.3 Å². The second-order valence-corrected chi connectivity index (χ2v) is 6.60. The van der Waals surface area contributed by atoms with E-state index in [1.54, 1.807) is 0 Å². The number of anilines is 1. The van der Waals surface area contributed by atoms with E-state index < -0.39 is 0 Å². The molecule has 122 valence electrons. The third-order valence-electron chi connectivity index (χ3n) is 4.59. The molecule has 1 aliphatic rings. The van der Waals surface area contributed by atoms with Crippen LogP contribution in [0.25, 0.3) is 10.8 Å². The fourth-order valence-electron chi connectivity index (χ4n) is 3.37. The Labute approximate surface area is 137 Å². The third kappa shape index (κ3) is 3.71. The van der Waals surface area contributed by atoms with Gasteiger partial charge in [-0.3, -0.25) is 4.79 Å². The number of amides is 1. The molecule has 0 unspecified atom stereocenters. The standard InChI is InChI=1S/C19H24N2O2/c1-13-11-21(12-14(2)23-13)15(3)19(22)20-18-9-8-16-6-4-5-7-17(16)10-18/h4-10,13-15H,11-12H2,1-3H3,(H,20,22)/p+1/t13-,14-,15-/m0/s1. The topological polar surface area (TPSA) is 42.8 Å². The molecule has 23 heavy (non-hydrogen) atoms. The minimum absolute atomic E-state index is 0.0663. The van der Waals surface area contributed by atoms with Gasteiger partial charge in [0.05, 0.1) is 0 Å². The summed E-state index contributed by atoms with van der Waals surface area (Å²) in [6.45, 7) is 7.89. The molecule has 1 heterocycles. The highest BCUT2D eigenvalue weighted by Gasteiger charge is 2.32. The molecule has 2 aromatic carbocycles. The van der Waals surface area contributed by atoms with Gasteiger partial charge in [0.25, 0.3) is 5.91 Å². The number of carbonyl (C=O) groups is 1. The maximum atomic E-state index is 12.6. The van der Waals surface area contributed by atoms with Gasteiger partial charge < -0.3 is 15.0 Å². The molecule has 0 bridgehead atoms. The van der Waals surface area contributed by atoms with E-state index in [0.29, 0.717) is 0 Å². The third-order valence-corrected chi connectivity index (χ3v) is 4.59. The van der Waals surface area contributed by atoms with Crippen LogP contribution in [0.1, 0.15) is 20.8 Å². The Morgan fingerprint density at radius 1 is 1.13 bits per heavy atom. The molecule has 1 aliphatic heterocycles. The summed E-state index contributed by atoms with van der Waals surface area (Å²) in [6.07, 6.45) is 0.398. The zero-order valence-corrected chi connectivity index (χ0v) is 14.0. The molecule has 4 nitrogen and oxygen atoms in total. The summed E-state index contributed by atoms with van der Waals surface area (Å²) in [7, 11) is 0. The van der Waals surface area contributed by atoms with Crippen LogP contribution in [0, 0.1) is 0 Å². The van der Waals surface area contributed by atoms with Crippen LogP contribution in [0.15, 0.2) is 42.5 Å². The van der Waals surface area contributed by atoms with Gasteiger partial charge in [0.15, 0.2) is 6.04 Å². The quantitative estimate of drug-likeness (QED) is 0.908. The lowest BCUT2D eigenvalue weighted by Crippen LogP contribution is -3.19. The van der Waals surface area contributed by atoms with Gasteiger partial charge >= 0.3 is 0 Å². The normalized spacial score (nSPS) is 26.0. The molecule has 0 aromatic heterocycles. The van der Waals surface area contributed by atoms with Crippen molar-refractivity contribution in [1.82, 2.24) is 0 Å². The molecule has 3 rings (SSSR count). The van der Waals surface area contributed by atoms with Crippen LogP contribution < -0.4 is 10.2 Å². The molecule has 2 N–H and O–H groups in total. The number of fused-ring (bicyclic) bond motifs is 1. The molecule has 2 aromatic rings. The van der Waals surface area contributed by atoms with Gasteiger partial charge in [-0.15, -0.1) is 0 Å². The Balaban J connectivity index is 1.69. The van der Waals surface area contributed by atoms with Crippen LogP contribution in [0.3, 0.4) is 0 Å². The van der Waals surface area contributed by atoms with Crippen molar-refractivity contribution in [2.45, 2.75) is 39.0 Å². The van der Waals surface area contributed by atoms with Gasteiger partial charge in [-0.05, 0) is 43.7 Å². The molecule has 0 saturated carbocycles. The van der Waals surface area contributed by atoms with Crippen molar-refractivity contribution >= 4 is 22.4 Å². The van der Waals surface area contributed by atoms with Crippen molar-refractivity contribution in [3.8, 4) is 0 Å². The predicted octanol–water partition coefficient (Wildman–Crippen LogP) is 1.86. The van der Waals surface area contributed by atoms with Crippen LogP contribution in [0.2, 0.25) is 0 Å². The Morgan fingerprint density at radius 2 is 1.78 bits per heavy atom. The molecule has 4 heteroatoms. The van der Waals surface area contributed by atoms with Crippen LogP contribution >= 0.6 is 0 Å². The van der Waals surface area contributed by atoms with Crippen molar-refractivity contribution in [2.75, 3.05) is 18.4 Å². The summed E-state index contributed by atoms with van der Waals surface area (Å²) < 4.78 is 5.76. The Kier molecular flexibility index (Phi) is 4.64. The fourth-order valence-corrected chi connectivity index (χ4v) is 3.37. The van der Waals surface area contributed by atoms with Crippen molar-refractivity contribution in [2.24, 2.45) is 0 Å². The second-order valence-electron chi connectivity index (χ2n) is 6.60. The van der Waals surface area contributed by atoms with Gasteiger partial charge in [0.2, 0.25) is 0 Å². The van der Waals surface area contributed by atoms with Crippen LogP contribution in [-0.2, 0) is 9.53 Å². The number of hydrogen-bond donors (Lipinski definition) is 2. The van der Waals surface area contributed by atoms with Crippen molar-refractivity contribution in [1.29, 1.82) is 0 Å². The smallest absolute Gasteiger partial charge is 0.282 e. The van der Waals surface area contributed by atoms with Crippen molar-refractivity contribution in [3.05, 3.63) is 42.5 Å². The number of morpholine rings is 1. The summed E-state index contributed by atoms with van der Waals surface area (Å²) in [5.41, 5.74) is 0.856. The predicted molar refractivity (Wildman–Crippen MR) is 92.7 cm³/mol. The largest absolute Gasteiger partial charge is 0.364 e. The van der Waals surface area contributed by atoms with Gasteiger partial charge in [-0.2, -0.15) is 0 Å². The number of hydrogen-bond acceptors (Lipinski definition) is 2. The highest BCUT2D eigenvalue weighted by Crippen LogP contribution is 2.18. The fraction of sp³-hybridized carbons (Fsp3) is 0.421. The average Bonchev–Trinajstić information content (AvgIpc) is 2.53. The van der Waals surface area contributed by atoms with Crippen LogP contribution in [0.5, 0.6) is 0 Å². The summed E-state index contributed by atoms with van der Waals surface area (Å²) >= 11 is 0. The number of quaternary nitrogens is 1. The highest BCUT2D eigenvalue weighted by molar-refractivity contribution is 5.96. The zero-order chi connectivity index (χ0) is 16.4. The Bertz CT molecular complexity index is 691. The van der Waals surface area contributed by atoms with Crippen molar-refractivity contribution < 1.29 is 14.4 Å². The van der Waals surface area contributed by atoms with Gasteiger partial charge in [-0.25, -0.2) is 0 Å². The monoisotopic (exact) mass is 313 g/mol. The molecule has 0 radical (unpaired) electrons. The lowest BCUT2D eigenvalue weighted by Gasteiger charge is -2.35. The van der Waals surface area contributed by atoms with E-state index in [-0.39, 0.29) is 24.2 Å². The molecule has 1 saturated heterocycles. The first-order valence-electron chi connectivity index (χ1n) is 8.32. The first kappa shape index (κ1) is 16.0. The van der Waals surface area contributed by atoms with E-state index in [1.807, 2.05) is 37.3 Å². The SMILES string of the molecule is C[C@H]1C[NH+]([C@@H](C)C(=O)Nc2ccc3ccccc3c2)C[C@H](C)O1. The number of rotatable bonds is 3. The minimum atomic E-state index is -0.0877. The van der Waals surface area contributed by atoms with Crippen LogP contribution in [0.4, 0.5) is 5.69 Å². The molecule has 0 aliphatic carbocycles.